The van der Waals surface area contributed by atoms with Gasteiger partial charge in [0.05, 0.1) is 17.0 Å². The van der Waals surface area contributed by atoms with E-state index in [2.05, 4.69) is 20.3 Å². The van der Waals surface area contributed by atoms with Crippen molar-refractivity contribution in [2.45, 2.75) is 6.04 Å². The second-order valence-corrected chi connectivity index (χ2v) is 8.99. The second kappa shape index (κ2) is 9.01. The van der Waals surface area contributed by atoms with Crippen LogP contribution in [0.3, 0.4) is 0 Å². The maximum Gasteiger partial charge on any atom is 0.302 e. The number of halogens is 1. The van der Waals surface area contributed by atoms with E-state index in [9.17, 15) is 9.59 Å². The molecule has 3 N–H and O–H groups in total. The van der Waals surface area contributed by atoms with Crippen molar-refractivity contribution in [2.75, 3.05) is 44.8 Å². The summed E-state index contributed by atoms with van der Waals surface area (Å²) in [5.41, 5.74) is 7.94. The van der Waals surface area contributed by atoms with Crippen LogP contribution < -0.4 is 11.1 Å². The molecule has 0 unspecified atom stereocenters. The van der Waals surface area contributed by atoms with Gasteiger partial charge < -0.3 is 24.5 Å². The zero-order valence-electron chi connectivity index (χ0n) is 19.1. The zero-order valence-corrected chi connectivity index (χ0v) is 19.9. The van der Waals surface area contributed by atoms with Gasteiger partial charge in [0.15, 0.2) is 5.58 Å². The van der Waals surface area contributed by atoms with Crippen molar-refractivity contribution in [3.05, 3.63) is 53.5 Å². The van der Waals surface area contributed by atoms with Crippen LogP contribution in [-0.4, -0.2) is 74.9 Å². The molecule has 2 amide bonds. The number of carbonyl (C=O) groups is 2. The molecular weight excluding hydrogens is 472 g/mol. The number of nitrogen functional groups attached to an aromatic ring is 1. The number of amides is 2. The Morgan fingerprint density at radius 2 is 2.11 bits per heavy atom. The van der Waals surface area contributed by atoms with Gasteiger partial charge in [0, 0.05) is 36.9 Å². The maximum atomic E-state index is 13.2. The number of oxazole rings is 1. The number of rotatable bonds is 6. The van der Waals surface area contributed by atoms with Crippen LogP contribution >= 0.6 is 11.6 Å². The van der Waals surface area contributed by atoms with Crippen LogP contribution in [-0.2, 0) is 4.79 Å². The molecule has 0 atom stereocenters. The minimum Gasteiger partial charge on any atom is -0.423 e. The predicted octanol–water partition coefficient (Wildman–Crippen LogP) is 2.56. The molecule has 1 aliphatic rings. The fourth-order valence-electron chi connectivity index (χ4n) is 3.96. The normalized spacial score (nSPS) is 14.3. The van der Waals surface area contributed by atoms with E-state index in [1.54, 1.807) is 35.4 Å². The van der Waals surface area contributed by atoms with E-state index in [0.29, 0.717) is 46.8 Å². The number of hydrogen-bond acceptors (Lipinski definition) is 8. The smallest absolute Gasteiger partial charge is 0.302 e. The molecule has 35 heavy (non-hydrogen) atoms. The lowest BCUT2D eigenvalue weighted by molar-refractivity contribution is -0.131. The molecule has 3 aromatic heterocycles. The van der Waals surface area contributed by atoms with Crippen LogP contribution in [0.25, 0.3) is 22.1 Å². The molecule has 11 nitrogen and oxygen atoms in total. The maximum absolute atomic E-state index is 13.2. The molecular formula is C23H23ClN8O3. The minimum atomic E-state index is -0.466. The lowest BCUT2D eigenvalue weighted by atomic mass is 10.1. The highest BCUT2D eigenvalue weighted by atomic mass is 35.5. The fraction of sp³-hybridized carbons (Fsp3) is 0.261. The molecule has 0 radical (unpaired) electrons. The van der Waals surface area contributed by atoms with Gasteiger partial charge in [0.2, 0.25) is 5.91 Å². The monoisotopic (exact) mass is 494 g/mol. The number of likely N-dealkylation sites (N-methyl/N-ethyl adjacent to an activating group) is 1. The summed E-state index contributed by atoms with van der Waals surface area (Å²) >= 11 is 6.00. The van der Waals surface area contributed by atoms with Gasteiger partial charge in [-0.2, -0.15) is 4.98 Å². The Labute approximate surface area is 205 Å². The Kier molecular flexibility index (Phi) is 5.87. The molecule has 0 saturated carbocycles. The third-order valence-electron chi connectivity index (χ3n) is 5.75. The van der Waals surface area contributed by atoms with E-state index < -0.39 is 5.91 Å². The molecule has 0 aliphatic carbocycles. The minimum absolute atomic E-state index is 0.0357. The summed E-state index contributed by atoms with van der Waals surface area (Å²) in [5.74, 6) is -0.336. The summed E-state index contributed by atoms with van der Waals surface area (Å²) in [5, 5.41) is 3.61. The summed E-state index contributed by atoms with van der Waals surface area (Å²) in [6, 6.07) is 4.99. The molecule has 1 saturated heterocycles. The standard InChI is InChI=1S/C23H23ClN8O3/c1-30(2)7-3-4-18(33)31-9-14(10-31)32-11-15(19-20(25)26-12-27-21(19)32)22(34)29-23-28-16-8-13(24)5-6-17(16)35-23/h3-6,8,11-12,14H,7,9-10H2,1-2H3,(H2,25,26,27)(H,28,29,34)/b4-3+. The molecule has 1 fully saturated rings. The number of fused-ring (bicyclic) bond motifs is 2. The van der Waals surface area contributed by atoms with Gasteiger partial charge in [-0.3, -0.25) is 14.9 Å². The predicted molar refractivity (Wildman–Crippen MR) is 132 cm³/mol. The van der Waals surface area contributed by atoms with E-state index in [-0.39, 0.29) is 29.3 Å². The Balaban J connectivity index is 1.38. The first kappa shape index (κ1) is 22.8. The number of nitrogens with zero attached hydrogens (tertiary/aromatic N) is 6. The van der Waals surface area contributed by atoms with E-state index in [1.165, 1.54) is 6.33 Å². The first-order chi connectivity index (χ1) is 16.8. The van der Waals surface area contributed by atoms with Crippen molar-refractivity contribution in [1.29, 1.82) is 0 Å². The number of benzene rings is 1. The number of hydrogen-bond donors (Lipinski definition) is 2. The highest BCUT2D eigenvalue weighted by molar-refractivity contribution is 6.31. The first-order valence-corrected chi connectivity index (χ1v) is 11.3. The van der Waals surface area contributed by atoms with E-state index in [4.69, 9.17) is 21.8 Å². The summed E-state index contributed by atoms with van der Waals surface area (Å²) in [6.07, 6.45) is 6.44. The topological polar surface area (TPSA) is 135 Å². The Morgan fingerprint density at radius 3 is 2.89 bits per heavy atom. The first-order valence-electron chi connectivity index (χ1n) is 10.9. The van der Waals surface area contributed by atoms with Gasteiger partial charge in [-0.05, 0) is 32.3 Å². The van der Waals surface area contributed by atoms with Gasteiger partial charge in [-0.15, -0.1) is 0 Å². The number of likely N-dealkylation sites (tertiary alicyclic amines) is 1. The number of anilines is 2. The van der Waals surface area contributed by atoms with Gasteiger partial charge in [0.25, 0.3) is 5.91 Å². The van der Waals surface area contributed by atoms with Crippen LogP contribution in [0.2, 0.25) is 5.02 Å². The molecule has 0 spiro atoms. The van der Waals surface area contributed by atoms with Gasteiger partial charge in [0.1, 0.15) is 23.3 Å². The lowest BCUT2D eigenvalue weighted by Gasteiger charge is -2.39. The Morgan fingerprint density at radius 1 is 1.31 bits per heavy atom. The van der Waals surface area contributed by atoms with Crippen LogP contribution in [0.1, 0.15) is 16.4 Å². The molecule has 4 heterocycles. The van der Waals surface area contributed by atoms with Gasteiger partial charge in [-0.25, -0.2) is 9.97 Å². The molecule has 0 bridgehead atoms. The zero-order chi connectivity index (χ0) is 24.7. The number of nitrogens with two attached hydrogens (primary N) is 1. The third-order valence-corrected chi connectivity index (χ3v) is 5.99. The highest BCUT2D eigenvalue weighted by Crippen LogP contribution is 2.31. The third kappa shape index (κ3) is 4.43. The molecule has 1 aromatic carbocycles. The largest absolute Gasteiger partial charge is 0.423 e. The SMILES string of the molecule is CN(C)C/C=C/C(=O)N1CC(n2cc(C(=O)Nc3nc4cc(Cl)ccc4o3)c3c(N)ncnc32)C1. The van der Waals surface area contributed by atoms with E-state index in [0.717, 1.165) is 0 Å². The number of nitrogens with one attached hydrogen (secondary N) is 1. The second-order valence-electron chi connectivity index (χ2n) is 8.55. The molecule has 1 aliphatic heterocycles. The lowest BCUT2D eigenvalue weighted by Crippen LogP contribution is -2.50. The number of carbonyl (C=O) groups excluding carboxylic acids is 2. The van der Waals surface area contributed by atoms with Crippen molar-refractivity contribution in [2.24, 2.45) is 0 Å². The molecule has 12 heteroatoms. The van der Waals surface area contributed by atoms with Crippen molar-refractivity contribution in [3.8, 4) is 0 Å². The average Bonchev–Trinajstić information content (AvgIpc) is 3.34. The summed E-state index contributed by atoms with van der Waals surface area (Å²) in [6.45, 7) is 1.67. The summed E-state index contributed by atoms with van der Waals surface area (Å²) < 4.78 is 7.47. The van der Waals surface area contributed by atoms with Crippen LogP contribution in [0.15, 0.2) is 47.3 Å². The van der Waals surface area contributed by atoms with Gasteiger partial charge >= 0.3 is 6.01 Å². The van der Waals surface area contributed by atoms with E-state index in [1.807, 2.05) is 29.6 Å². The summed E-state index contributed by atoms with van der Waals surface area (Å²) in [4.78, 5) is 41.9. The molecule has 180 valence electrons. The summed E-state index contributed by atoms with van der Waals surface area (Å²) in [7, 11) is 3.87. The molecule has 4 aromatic rings. The Bertz CT molecular complexity index is 1470. The van der Waals surface area contributed by atoms with Crippen molar-refractivity contribution in [3.63, 3.8) is 0 Å². The average molecular weight is 495 g/mol. The fourth-order valence-corrected chi connectivity index (χ4v) is 4.12. The highest BCUT2D eigenvalue weighted by Gasteiger charge is 2.33. The van der Waals surface area contributed by atoms with Crippen molar-refractivity contribution < 1.29 is 14.0 Å². The Hall–Kier alpha value is -3.96. The molecule has 5 rings (SSSR count). The van der Waals surface area contributed by atoms with Crippen LogP contribution in [0.5, 0.6) is 0 Å². The van der Waals surface area contributed by atoms with Crippen LogP contribution in [0, 0.1) is 0 Å². The van der Waals surface area contributed by atoms with E-state index >= 15 is 0 Å². The quantitative estimate of drug-likeness (QED) is 0.390. The van der Waals surface area contributed by atoms with Crippen LogP contribution in [0.4, 0.5) is 11.8 Å². The number of aromatic nitrogens is 4. The van der Waals surface area contributed by atoms with Crippen molar-refractivity contribution in [1.82, 2.24) is 29.3 Å². The van der Waals surface area contributed by atoms with Crippen molar-refractivity contribution >= 4 is 57.4 Å². The van der Waals surface area contributed by atoms with Gasteiger partial charge in [-0.1, -0.05) is 17.7 Å².